The number of rotatable bonds is 8. The molecule has 0 saturated carbocycles. The summed E-state index contributed by atoms with van der Waals surface area (Å²) in [5.74, 6) is 0.740. The van der Waals surface area contributed by atoms with Crippen molar-refractivity contribution in [2.45, 2.75) is 13.5 Å². The smallest absolute Gasteiger partial charge is 0.337 e. The highest BCUT2D eigenvalue weighted by atomic mass is 35.5. The van der Waals surface area contributed by atoms with Crippen molar-refractivity contribution in [1.82, 2.24) is 4.98 Å². The number of carbonyl (C=O) groups is 1. The van der Waals surface area contributed by atoms with Crippen molar-refractivity contribution >= 4 is 52.1 Å². The minimum Gasteiger partial charge on any atom is -0.478 e. The van der Waals surface area contributed by atoms with Crippen molar-refractivity contribution in [3.05, 3.63) is 87.7 Å². The van der Waals surface area contributed by atoms with Crippen LogP contribution in [0.4, 0.5) is 22.9 Å². The molecule has 2 aromatic heterocycles. The van der Waals surface area contributed by atoms with E-state index in [4.69, 9.17) is 27.6 Å². The Morgan fingerprint density at radius 2 is 1.85 bits per heavy atom. The third-order valence-corrected chi connectivity index (χ3v) is 5.69. The maximum atomic E-state index is 11.6. The van der Waals surface area contributed by atoms with Gasteiger partial charge >= 0.3 is 5.97 Å². The van der Waals surface area contributed by atoms with E-state index in [1.807, 2.05) is 25.1 Å². The first-order valence-electron chi connectivity index (χ1n) is 10.4. The Morgan fingerprint density at radius 3 is 2.62 bits per heavy atom. The topological polar surface area (TPSA) is 99.4 Å². The molecule has 0 aliphatic heterocycles. The fraction of sp³-hybridized carbons (Fsp3) is 0.120. The minimum atomic E-state index is -1.03. The quantitative estimate of drug-likeness (QED) is 0.207. The number of aryl methyl sites for hydroxylation is 1. The zero-order valence-electron chi connectivity index (χ0n) is 18.4. The Balaban J connectivity index is 1.62. The molecule has 0 fully saturated rings. The average Bonchev–Trinajstić information content (AvgIpc) is 3.28. The van der Waals surface area contributed by atoms with Crippen LogP contribution >= 0.6 is 23.2 Å². The van der Waals surface area contributed by atoms with Crippen molar-refractivity contribution in [3.8, 4) is 11.3 Å². The minimum absolute atomic E-state index is 0.150. The number of hydrogen-bond donors (Lipinski definition) is 4. The second-order valence-corrected chi connectivity index (χ2v) is 8.35. The van der Waals surface area contributed by atoms with Gasteiger partial charge in [0.1, 0.15) is 17.2 Å². The van der Waals surface area contributed by atoms with Gasteiger partial charge in [0.05, 0.1) is 28.5 Å². The lowest BCUT2D eigenvalue weighted by Crippen LogP contribution is -2.09. The third kappa shape index (κ3) is 5.11. The molecule has 0 saturated heterocycles. The molecule has 0 amide bonds. The maximum absolute atomic E-state index is 11.6. The second-order valence-electron chi connectivity index (χ2n) is 7.50. The summed E-state index contributed by atoms with van der Waals surface area (Å²) < 4.78 is 5.99. The summed E-state index contributed by atoms with van der Waals surface area (Å²) >= 11 is 12.4. The number of carboxylic acid groups (broad SMARTS) is 1. The highest BCUT2D eigenvalue weighted by Crippen LogP contribution is 2.35. The number of pyridine rings is 1. The van der Waals surface area contributed by atoms with Crippen LogP contribution in [-0.2, 0) is 6.54 Å². The molecule has 0 bridgehead atoms. The van der Waals surface area contributed by atoms with Gasteiger partial charge in [-0.25, -0.2) is 9.78 Å². The van der Waals surface area contributed by atoms with Crippen molar-refractivity contribution in [2.75, 3.05) is 23.0 Å². The highest BCUT2D eigenvalue weighted by Gasteiger charge is 2.16. The van der Waals surface area contributed by atoms with E-state index in [1.54, 1.807) is 43.4 Å². The molecule has 4 aromatic rings. The van der Waals surface area contributed by atoms with Crippen molar-refractivity contribution in [2.24, 2.45) is 0 Å². The van der Waals surface area contributed by atoms with Crippen LogP contribution in [0.15, 0.2) is 65.1 Å². The maximum Gasteiger partial charge on any atom is 0.337 e. The second kappa shape index (κ2) is 10.1. The molecule has 0 spiro atoms. The lowest BCUT2D eigenvalue weighted by atomic mass is 10.1. The van der Waals surface area contributed by atoms with E-state index in [2.05, 4.69) is 20.9 Å². The van der Waals surface area contributed by atoms with E-state index in [0.717, 1.165) is 11.4 Å². The molecular weight excluding hydrogens is 475 g/mol. The van der Waals surface area contributed by atoms with Gasteiger partial charge in [0.15, 0.2) is 5.82 Å². The summed E-state index contributed by atoms with van der Waals surface area (Å²) in [4.78, 5) is 16.2. The SMILES string of the molecule is CNc1cc(C)nc(Nc2ccccc2C(=O)O)c1NCc1ccc(-c2cc(Cl)ccc2Cl)o1. The molecule has 4 N–H and O–H groups in total. The van der Waals surface area contributed by atoms with E-state index < -0.39 is 5.97 Å². The number of furan rings is 1. The Morgan fingerprint density at radius 1 is 1.06 bits per heavy atom. The summed E-state index contributed by atoms with van der Waals surface area (Å²) in [6.07, 6.45) is 0. The first-order chi connectivity index (χ1) is 16.4. The molecule has 0 unspecified atom stereocenters. The predicted octanol–water partition coefficient (Wildman–Crippen LogP) is 7.05. The van der Waals surface area contributed by atoms with E-state index >= 15 is 0 Å². The van der Waals surface area contributed by atoms with E-state index in [-0.39, 0.29) is 5.56 Å². The molecule has 7 nitrogen and oxygen atoms in total. The molecule has 0 aliphatic rings. The summed E-state index contributed by atoms with van der Waals surface area (Å²) in [5.41, 5.74) is 3.53. The molecule has 174 valence electrons. The molecule has 2 aromatic carbocycles. The molecule has 0 atom stereocenters. The summed E-state index contributed by atoms with van der Waals surface area (Å²) in [5, 5.41) is 20.3. The number of aromatic nitrogens is 1. The molecular formula is C25H22Cl2N4O3. The number of halogens is 2. The average molecular weight is 497 g/mol. The van der Waals surface area contributed by atoms with Crippen molar-refractivity contribution in [1.29, 1.82) is 0 Å². The van der Waals surface area contributed by atoms with Gasteiger partial charge in [-0.1, -0.05) is 35.3 Å². The normalized spacial score (nSPS) is 10.7. The zero-order valence-corrected chi connectivity index (χ0v) is 20.0. The lowest BCUT2D eigenvalue weighted by Gasteiger charge is -2.18. The number of benzene rings is 2. The third-order valence-electron chi connectivity index (χ3n) is 5.12. The van der Waals surface area contributed by atoms with Gasteiger partial charge in [-0.3, -0.25) is 0 Å². The van der Waals surface area contributed by atoms with E-state index in [0.29, 0.717) is 50.9 Å². The Labute approximate surface area is 206 Å². The number of nitrogens with zero attached hydrogens (tertiary/aromatic N) is 1. The molecule has 0 radical (unpaired) electrons. The van der Waals surface area contributed by atoms with Crippen LogP contribution in [0.5, 0.6) is 0 Å². The van der Waals surface area contributed by atoms with Gasteiger partial charge < -0.3 is 25.5 Å². The van der Waals surface area contributed by atoms with Crippen LogP contribution in [0.3, 0.4) is 0 Å². The first kappa shape index (κ1) is 23.5. The number of carboxylic acids is 1. The van der Waals surface area contributed by atoms with Crippen LogP contribution in [-0.4, -0.2) is 23.1 Å². The summed E-state index contributed by atoms with van der Waals surface area (Å²) in [6.45, 7) is 2.22. The van der Waals surface area contributed by atoms with Gasteiger partial charge in [0.2, 0.25) is 0 Å². The molecule has 34 heavy (non-hydrogen) atoms. The zero-order chi connectivity index (χ0) is 24.2. The molecule has 2 heterocycles. The van der Waals surface area contributed by atoms with Crippen LogP contribution in [0.2, 0.25) is 10.0 Å². The fourth-order valence-electron chi connectivity index (χ4n) is 3.53. The van der Waals surface area contributed by atoms with Crippen LogP contribution < -0.4 is 16.0 Å². The van der Waals surface area contributed by atoms with E-state index in [9.17, 15) is 9.90 Å². The Bertz CT molecular complexity index is 1350. The van der Waals surface area contributed by atoms with Crippen molar-refractivity contribution in [3.63, 3.8) is 0 Å². The predicted molar refractivity (Wildman–Crippen MR) is 137 cm³/mol. The molecule has 0 aliphatic carbocycles. The standard InChI is InChI=1S/C25H22Cl2N4O3/c1-14-11-21(28-2)23(24(30-14)31-20-6-4-3-5-17(20)25(32)33)29-13-16-8-10-22(34-16)18-12-15(26)7-9-19(18)27/h3-12,29H,13H2,1-2H3,(H,32,33)(H2,28,30,31). The van der Waals surface area contributed by atoms with Crippen LogP contribution in [0, 0.1) is 6.92 Å². The van der Waals surface area contributed by atoms with Crippen molar-refractivity contribution < 1.29 is 14.3 Å². The molecule has 4 rings (SSSR count). The van der Waals surface area contributed by atoms with Gasteiger partial charge in [-0.2, -0.15) is 0 Å². The first-order valence-corrected chi connectivity index (χ1v) is 11.2. The number of nitrogens with one attached hydrogen (secondary N) is 3. The summed E-state index contributed by atoms with van der Waals surface area (Å²) in [6, 6.07) is 17.5. The monoisotopic (exact) mass is 496 g/mol. The largest absolute Gasteiger partial charge is 0.478 e. The Kier molecular flexibility index (Phi) is 6.95. The van der Waals surface area contributed by atoms with Crippen LogP contribution in [0.1, 0.15) is 21.8 Å². The van der Waals surface area contributed by atoms with Gasteiger partial charge in [-0.15, -0.1) is 0 Å². The number of aromatic carboxylic acids is 1. The fourth-order valence-corrected chi connectivity index (χ4v) is 3.91. The molecule has 9 heteroatoms. The number of anilines is 4. The van der Waals surface area contributed by atoms with E-state index in [1.165, 1.54) is 6.07 Å². The number of para-hydroxylation sites is 1. The van der Waals surface area contributed by atoms with Gasteiger partial charge in [-0.05, 0) is 55.5 Å². The van der Waals surface area contributed by atoms with Crippen LogP contribution in [0.25, 0.3) is 11.3 Å². The van der Waals surface area contributed by atoms with Gasteiger partial charge in [0, 0.05) is 23.3 Å². The Hall–Kier alpha value is -3.68. The highest BCUT2D eigenvalue weighted by molar-refractivity contribution is 6.35. The summed E-state index contributed by atoms with van der Waals surface area (Å²) in [7, 11) is 1.81. The van der Waals surface area contributed by atoms with Gasteiger partial charge in [0.25, 0.3) is 0 Å². The lowest BCUT2D eigenvalue weighted by molar-refractivity contribution is 0.0698. The number of hydrogen-bond acceptors (Lipinski definition) is 6.